The minimum Gasteiger partial charge on any atom is -0.508 e. The Hall–Kier alpha value is -4.05. The lowest BCUT2D eigenvalue weighted by Gasteiger charge is -2.24. The highest BCUT2D eigenvalue weighted by Crippen LogP contribution is 2.11. The number of aromatic hydroxyl groups is 1. The molecule has 0 spiro atoms. The predicted molar refractivity (Wildman–Crippen MR) is 144 cm³/mol. The number of benzene rings is 1. The maximum absolute atomic E-state index is 12.9. The Morgan fingerprint density at radius 2 is 1.44 bits per heavy atom. The van der Waals surface area contributed by atoms with Gasteiger partial charge in [0.05, 0.1) is 6.04 Å². The molecule has 0 aliphatic heterocycles. The van der Waals surface area contributed by atoms with E-state index in [1.807, 2.05) is 0 Å². The van der Waals surface area contributed by atoms with E-state index in [4.69, 9.17) is 22.3 Å². The molecule has 1 aromatic carbocycles. The zero-order chi connectivity index (χ0) is 29.5. The maximum atomic E-state index is 12.9. The van der Waals surface area contributed by atoms with E-state index in [-0.39, 0.29) is 49.7 Å². The molecule has 16 heteroatoms. The number of phenols is 1. The number of amides is 3. The molecule has 0 fully saturated rings. The molecule has 15 nitrogen and oxygen atoms in total. The van der Waals surface area contributed by atoms with Gasteiger partial charge in [-0.2, -0.15) is 12.6 Å². The minimum atomic E-state index is -1.36. The van der Waals surface area contributed by atoms with E-state index < -0.39 is 60.2 Å². The summed E-state index contributed by atoms with van der Waals surface area (Å²) in [6.45, 7) is 0.147. The van der Waals surface area contributed by atoms with Crippen molar-refractivity contribution in [3.63, 3.8) is 0 Å². The number of carboxylic acids is 2. The first kappa shape index (κ1) is 33.0. The molecule has 4 unspecified atom stereocenters. The Morgan fingerprint density at radius 1 is 0.872 bits per heavy atom. The summed E-state index contributed by atoms with van der Waals surface area (Å²) in [7, 11) is 0. The van der Waals surface area contributed by atoms with Crippen LogP contribution in [-0.4, -0.2) is 87.4 Å². The number of carbonyl (C=O) groups is 5. The number of rotatable bonds is 17. The van der Waals surface area contributed by atoms with Gasteiger partial charge in [-0.1, -0.05) is 12.1 Å². The van der Waals surface area contributed by atoms with Crippen molar-refractivity contribution in [2.75, 3.05) is 12.3 Å². The number of aliphatic imine (C=N–C) groups is 1. The molecule has 39 heavy (non-hydrogen) atoms. The monoisotopic (exact) mass is 569 g/mol. The first-order valence-corrected chi connectivity index (χ1v) is 12.5. The van der Waals surface area contributed by atoms with Crippen LogP contribution in [0.1, 0.15) is 31.2 Å². The van der Waals surface area contributed by atoms with E-state index in [2.05, 4.69) is 33.6 Å². The number of carboxylic acid groups (broad SMARTS) is 2. The van der Waals surface area contributed by atoms with Crippen molar-refractivity contribution in [3.05, 3.63) is 29.8 Å². The third-order valence-corrected chi connectivity index (χ3v) is 5.75. The second-order valence-corrected chi connectivity index (χ2v) is 8.93. The summed E-state index contributed by atoms with van der Waals surface area (Å²) in [5, 5.41) is 34.9. The van der Waals surface area contributed by atoms with Crippen molar-refractivity contribution in [1.29, 1.82) is 0 Å². The van der Waals surface area contributed by atoms with Crippen LogP contribution in [0.3, 0.4) is 0 Å². The van der Waals surface area contributed by atoms with Gasteiger partial charge in [0.2, 0.25) is 17.7 Å². The number of phenolic OH excluding ortho intramolecular Hbond substituents is 1. The zero-order valence-electron chi connectivity index (χ0n) is 21.1. The molecule has 0 radical (unpaired) electrons. The number of carbonyl (C=O) groups excluding carboxylic acids is 3. The Bertz CT molecular complexity index is 1030. The smallest absolute Gasteiger partial charge is 0.326 e. The summed E-state index contributed by atoms with van der Waals surface area (Å²) in [6, 6.07) is 0.923. The average Bonchev–Trinajstić information content (AvgIpc) is 2.87. The lowest BCUT2D eigenvalue weighted by atomic mass is 10.0. The molecule has 1 rings (SSSR count). The number of nitrogens with two attached hydrogens (primary N) is 3. The van der Waals surface area contributed by atoms with Crippen LogP contribution < -0.4 is 33.2 Å². The second-order valence-electron chi connectivity index (χ2n) is 8.56. The number of hydrogen-bond donors (Lipinski definition) is 10. The second kappa shape index (κ2) is 16.7. The molecule has 0 saturated carbocycles. The molecule has 0 heterocycles. The summed E-state index contributed by atoms with van der Waals surface area (Å²) >= 11 is 4.04. The fourth-order valence-corrected chi connectivity index (χ4v) is 3.55. The molecular weight excluding hydrogens is 534 g/mol. The molecule has 1 aromatic rings. The molecule has 12 N–H and O–H groups in total. The Labute approximate surface area is 230 Å². The third kappa shape index (κ3) is 12.8. The quantitative estimate of drug-likeness (QED) is 0.0410. The van der Waals surface area contributed by atoms with Gasteiger partial charge in [0, 0.05) is 18.7 Å². The highest BCUT2D eigenvalue weighted by Gasteiger charge is 2.30. The van der Waals surface area contributed by atoms with Gasteiger partial charge in [-0.15, -0.1) is 0 Å². The topological polar surface area (TPSA) is 273 Å². The summed E-state index contributed by atoms with van der Waals surface area (Å²) in [5.74, 6) is -5.35. The van der Waals surface area contributed by atoms with Gasteiger partial charge in [-0.25, -0.2) is 4.79 Å². The van der Waals surface area contributed by atoms with Crippen molar-refractivity contribution in [2.45, 2.75) is 56.3 Å². The van der Waals surface area contributed by atoms with Gasteiger partial charge in [0.1, 0.15) is 23.9 Å². The highest BCUT2D eigenvalue weighted by molar-refractivity contribution is 7.80. The van der Waals surface area contributed by atoms with E-state index in [9.17, 15) is 34.2 Å². The molecule has 0 bridgehead atoms. The Kier molecular flexibility index (Phi) is 14.1. The zero-order valence-corrected chi connectivity index (χ0v) is 22.0. The van der Waals surface area contributed by atoms with Crippen LogP contribution >= 0.6 is 12.6 Å². The van der Waals surface area contributed by atoms with Gasteiger partial charge in [0.25, 0.3) is 0 Å². The maximum Gasteiger partial charge on any atom is 0.326 e. The van der Waals surface area contributed by atoms with Crippen LogP contribution in [0.2, 0.25) is 0 Å². The largest absolute Gasteiger partial charge is 0.508 e. The Morgan fingerprint density at radius 3 is 1.97 bits per heavy atom. The van der Waals surface area contributed by atoms with Crippen LogP contribution in [0.25, 0.3) is 0 Å². The van der Waals surface area contributed by atoms with Crippen LogP contribution in [0.5, 0.6) is 5.75 Å². The number of aliphatic carboxylic acids is 2. The van der Waals surface area contributed by atoms with Crippen LogP contribution in [0.4, 0.5) is 0 Å². The minimum absolute atomic E-state index is 0.00129. The SMILES string of the molecule is NC(N)=NCCCC(NC(=O)C(CS)NC(=O)C(CCC(=O)O)NC(=O)C(N)Cc1ccc(O)cc1)C(=O)O. The number of nitrogens with zero attached hydrogens (tertiary/aromatic N) is 1. The average molecular weight is 570 g/mol. The summed E-state index contributed by atoms with van der Waals surface area (Å²) in [5.41, 5.74) is 17.0. The van der Waals surface area contributed by atoms with E-state index >= 15 is 0 Å². The number of thiol groups is 1. The van der Waals surface area contributed by atoms with E-state index in [0.717, 1.165) is 0 Å². The molecule has 216 valence electrons. The van der Waals surface area contributed by atoms with Crippen molar-refractivity contribution in [1.82, 2.24) is 16.0 Å². The van der Waals surface area contributed by atoms with Crippen LogP contribution in [-0.2, 0) is 30.4 Å². The molecule has 0 aromatic heterocycles. The molecule has 0 saturated heterocycles. The fourth-order valence-electron chi connectivity index (χ4n) is 3.29. The van der Waals surface area contributed by atoms with Gasteiger partial charge in [-0.05, 0) is 43.4 Å². The molecule has 4 atom stereocenters. The summed E-state index contributed by atoms with van der Waals surface area (Å²) < 4.78 is 0. The van der Waals surface area contributed by atoms with Gasteiger partial charge >= 0.3 is 11.9 Å². The molecule has 0 aliphatic carbocycles. The van der Waals surface area contributed by atoms with Gasteiger partial charge < -0.3 is 48.5 Å². The van der Waals surface area contributed by atoms with E-state index in [1.165, 1.54) is 12.1 Å². The highest BCUT2D eigenvalue weighted by atomic mass is 32.1. The van der Waals surface area contributed by atoms with Crippen LogP contribution in [0.15, 0.2) is 29.3 Å². The van der Waals surface area contributed by atoms with Gasteiger partial charge in [0.15, 0.2) is 5.96 Å². The fraction of sp³-hybridized carbons (Fsp3) is 0.478. The van der Waals surface area contributed by atoms with Gasteiger partial charge in [-0.3, -0.25) is 24.2 Å². The molecule has 3 amide bonds. The first-order valence-electron chi connectivity index (χ1n) is 11.9. The number of hydrogen-bond acceptors (Lipinski definition) is 9. The standard InChI is InChI=1S/C23H35N7O8S/c24-14(10-12-3-5-13(31)6-4-12)19(34)28-15(7-8-18(32)33)20(35)30-17(11-39)21(36)29-16(22(37)38)2-1-9-27-23(25)26/h3-6,14-17,31,39H,1-2,7-11,24H2,(H,28,34)(H,29,36)(H,30,35)(H,32,33)(H,37,38)(H4,25,26,27). The lowest BCUT2D eigenvalue weighted by Crippen LogP contribution is -2.57. The normalized spacial score (nSPS) is 13.7. The van der Waals surface area contributed by atoms with Crippen molar-refractivity contribution >= 4 is 48.2 Å². The molecule has 0 aliphatic rings. The van der Waals surface area contributed by atoms with Crippen molar-refractivity contribution < 1.29 is 39.3 Å². The van der Waals surface area contributed by atoms with E-state index in [1.54, 1.807) is 12.1 Å². The van der Waals surface area contributed by atoms with Crippen LogP contribution in [0, 0.1) is 0 Å². The number of nitrogens with one attached hydrogen (secondary N) is 3. The summed E-state index contributed by atoms with van der Waals surface area (Å²) in [4.78, 5) is 64.6. The van der Waals surface area contributed by atoms with E-state index in [0.29, 0.717) is 5.56 Å². The van der Waals surface area contributed by atoms with Crippen molar-refractivity contribution in [3.8, 4) is 5.75 Å². The number of guanidine groups is 1. The lowest BCUT2D eigenvalue weighted by molar-refractivity contribution is -0.142. The first-order chi connectivity index (χ1) is 18.3. The van der Waals surface area contributed by atoms with Crippen molar-refractivity contribution in [2.24, 2.45) is 22.2 Å². The summed E-state index contributed by atoms with van der Waals surface area (Å²) in [6.07, 6.45) is -0.453. The predicted octanol–water partition coefficient (Wildman–Crippen LogP) is -2.35. The molecular formula is C23H35N7O8S. The third-order valence-electron chi connectivity index (χ3n) is 5.38. The Balaban J connectivity index is 2.85.